The summed E-state index contributed by atoms with van der Waals surface area (Å²) >= 11 is 1.59. The number of amides is 1. The molecule has 1 aromatic heterocycles. The lowest BCUT2D eigenvalue weighted by Crippen LogP contribution is -2.53. The van der Waals surface area contributed by atoms with E-state index in [1.54, 1.807) is 17.5 Å². The number of thiazole rings is 1. The molecular weight excluding hydrogens is 322 g/mol. The molecule has 3 rings (SSSR count). The third-order valence-corrected chi connectivity index (χ3v) is 4.25. The lowest BCUT2D eigenvalue weighted by molar-refractivity contribution is -0.123. The molecule has 7 heteroatoms. The van der Waals surface area contributed by atoms with Crippen molar-refractivity contribution in [1.29, 1.82) is 0 Å². The summed E-state index contributed by atoms with van der Waals surface area (Å²) in [7, 11) is 0. The second-order valence-corrected chi connectivity index (χ2v) is 5.81. The summed E-state index contributed by atoms with van der Waals surface area (Å²) in [5, 5.41) is 9.01. The second-order valence-electron chi connectivity index (χ2n) is 4.91. The molecule has 2 heterocycles. The minimum absolute atomic E-state index is 0. The van der Waals surface area contributed by atoms with Crippen molar-refractivity contribution in [3.8, 4) is 10.6 Å². The van der Waals surface area contributed by atoms with Crippen LogP contribution in [0.5, 0.6) is 0 Å². The van der Waals surface area contributed by atoms with Crippen molar-refractivity contribution in [1.82, 2.24) is 10.3 Å². The Morgan fingerprint density at radius 2 is 2.18 bits per heavy atom. The van der Waals surface area contributed by atoms with Crippen LogP contribution in [0, 0.1) is 0 Å². The van der Waals surface area contributed by atoms with E-state index in [1.807, 2.05) is 36.6 Å². The number of carbonyl (C=O) groups excluding carboxylic acids is 1. The minimum Gasteiger partial charge on any atom is -0.375 e. The summed E-state index contributed by atoms with van der Waals surface area (Å²) in [6.07, 6.45) is 1.67. The average Bonchev–Trinajstić information content (AvgIpc) is 3.02. The third kappa shape index (κ3) is 3.84. The maximum absolute atomic E-state index is 12.2. The molecule has 0 bridgehead atoms. The molecule has 0 radical (unpaired) electrons. The highest BCUT2D eigenvalue weighted by Gasteiger charge is 2.28. The number of morpholine rings is 1. The number of benzene rings is 1. The molecular formula is C15H18ClN3O2S. The molecule has 1 fully saturated rings. The number of carbonyl (C=O) groups is 1. The Kier molecular flexibility index (Phi) is 5.90. The third-order valence-electron chi connectivity index (χ3n) is 3.43. The first-order valence-corrected chi connectivity index (χ1v) is 7.78. The van der Waals surface area contributed by atoms with Gasteiger partial charge in [0.15, 0.2) is 0 Å². The quantitative estimate of drug-likeness (QED) is 0.902. The summed E-state index contributed by atoms with van der Waals surface area (Å²) in [6.45, 7) is 3.25. The van der Waals surface area contributed by atoms with Gasteiger partial charge in [-0.05, 0) is 31.2 Å². The number of halogens is 1. The number of anilines is 1. The molecule has 0 unspecified atom stereocenters. The highest BCUT2D eigenvalue weighted by molar-refractivity contribution is 7.13. The Bertz CT molecular complexity index is 604. The fraction of sp³-hybridized carbons (Fsp3) is 0.333. The lowest BCUT2D eigenvalue weighted by atomic mass is 10.1. The van der Waals surface area contributed by atoms with Gasteiger partial charge in [0.1, 0.15) is 11.0 Å². The van der Waals surface area contributed by atoms with E-state index in [2.05, 4.69) is 15.6 Å². The van der Waals surface area contributed by atoms with E-state index in [9.17, 15) is 4.79 Å². The summed E-state index contributed by atoms with van der Waals surface area (Å²) in [5.74, 6) is -0.0656. The minimum atomic E-state index is -0.308. The maximum atomic E-state index is 12.2. The van der Waals surface area contributed by atoms with Crippen LogP contribution in [0.1, 0.15) is 6.92 Å². The van der Waals surface area contributed by atoms with Crippen molar-refractivity contribution >= 4 is 35.3 Å². The zero-order valence-corrected chi connectivity index (χ0v) is 13.7. The van der Waals surface area contributed by atoms with E-state index >= 15 is 0 Å². The molecule has 1 aliphatic heterocycles. The molecule has 118 valence electrons. The lowest BCUT2D eigenvalue weighted by Gasteiger charge is -2.29. The predicted octanol–water partition coefficient (Wildman–Crippen LogP) is 2.55. The Hall–Kier alpha value is -1.47. The fourth-order valence-electron chi connectivity index (χ4n) is 2.31. The van der Waals surface area contributed by atoms with Crippen LogP contribution in [0.3, 0.4) is 0 Å². The molecule has 5 nitrogen and oxygen atoms in total. The highest BCUT2D eigenvalue weighted by Crippen LogP contribution is 2.23. The Labute approximate surface area is 139 Å². The van der Waals surface area contributed by atoms with Gasteiger partial charge in [-0.25, -0.2) is 4.98 Å². The van der Waals surface area contributed by atoms with Gasteiger partial charge in [0.25, 0.3) is 0 Å². The van der Waals surface area contributed by atoms with Gasteiger partial charge in [-0.2, -0.15) is 0 Å². The summed E-state index contributed by atoms with van der Waals surface area (Å²) in [4.78, 5) is 16.5. The maximum Gasteiger partial charge on any atom is 0.244 e. The first-order chi connectivity index (χ1) is 10.2. The SMILES string of the molecule is C[C@H]1OCCN[C@@H]1C(=O)Nc1ccc(-c2nccs2)cc1.Cl. The van der Waals surface area contributed by atoms with Crippen molar-refractivity contribution in [2.45, 2.75) is 19.1 Å². The number of rotatable bonds is 3. The highest BCUT2D eigenvalue weighted by atomic mass is 35.5. The largest absolute Gasteiger partial charge is 0.375 e. The van der Waals surface area contributed by atoms with Crippen LogP contribution >= 0.6 is 23.7 Å². The first-order valence-electron chi connectivity index (χ1n) is 6.90. The second kappa shape index (κ2) is 7.69. The van der Waals surface area contributed by atoms with Crippen LogP contribution in [0.25, 0.3) is 10.6 Å². The van der Waals surface area contributed by atoms with Crippen LogP contribution < -0.4 is 10.6 Å². The van der Waals surface area contributed by atoms with Gasteiger partial charge >= 0.3 is 0 Å². The number of hydrogen-bond acceptors (Lipinski definition) is 5. The molecule has 0 saturated carbocycles. The van der Waals surface area contributed by atoms with E-state index in [4.69, 9.17) is 4.74 Å². The number of nitrogens with one attached hydrogen (secondary N) is 2. The van der Waals surface area contributed by atoms with Crippen LogP contribution in [0.15, 0.2) is 35.8 Å². The van der Waals surface area contributed by atoms with Crippen LogP contribution in [-0.4, -0.2) is 36.2 Å². The van der Waals surface area contributed by atoms with Crippen LogP contribution in [0.2, 0.25) is 0 Å². The molecule has 2 N–H and O–H groups in total. The van der Waals surface area contributed by atoms with Crippen molar-refractivity contribution in [2.24, 2.45) is 0 Å². The van der Waals surface area contributed by atoms with Gasteiger partial charge in [-0.15, -0.1) is 23.7 Å². The smallest absolute Gasteiger partial charge is 0.244 e. The zero-order chi connectivity index (χ0) is 14.7. The van der Waals surface area contributed by atoms with Crippen LogP contribution in [-0.2, 0) is 9.53 Å². The molecule has 22 heavy (non-hydrogen) atoms. The van der Waals surface area contributed by atoms with Crippen molar-refractivity contribution in [3.63, 3.8) is 0 Å². The van der Waals surface area contributed by atoms with Gasteiger partial charge in [-0.3, -0.25) is 4.79 Å². The van der Waals surface area contributed by atoms with Gasteiger partial charge in [0, 0.05) is 29.4 Å². The van der Waals surface area contributed by atoms with Crippen LogP contribution in [0.4, 0.5) is 5.69 Å². The average molecular weight is 340 g/mol. The number of aromatic nitrogens is 1. The number of nitrogens with zero attached hydrogens (tertiary/aromatic N) is 1. The fourth-order valence-corrected chi connectivity index (χ4v) is 2.95. The molecule has 1 aromatic carbocycles. The Morgan fingerprint density at radius 1 is 1.41 bits per heavy atom. The standard InChI is InChI=1S/C15H17N3O2S.ClH/c1-10-13(16-6-8-20-10)14(19)18-12-4-2-11(3-5-12)15-17-7-9-21-15;/h2-5,7,9-10,13,16H,6,8H2,1H3,(H,18,19);1H/t10-,13+;/m1./s1. The Morgan fingerprint density at radius 3 is 2.82 bits per heavy atom. The van der Waals surface area contributed by atoms with E-state index in [0.29, 0.717) is 13.2 Å². The Balaban J connectivity index is 0.00000176. The van der Waals surface area contributed by atoms with E-state index in [0.717, 1.165) is 16.3 Å². The van der Waals surface area contributed by atoms with E-state index < -0.39 is 0 Å². The zero-order valence-electron chi connectivity index (χ0n) is 12.1. The van der Waals surface area contributed by atoms with Gasteiger partial charge < -0.3 is 15.4 Å². The molecule has 1 amide bonds. The van der Waals surface area contributed by atoms with Gasteiger partial charge in [0.05, 0.1) is 12.7 Å². The molecule has 1 aliphatic rings. The van der Waals surface area contributed by atoms with Gasteiger partial charge in [-0.1, -0.05) is 0 Å². The van der Waals surface area contributed by atoms with Crippen molar-refractivity contribution < 1.29 is 9.53 Å². The van der Waals surface area contributed by atoms with Crippen molar-refractivity contribution in [3.05, 3.63) is 35.8 Å². The first kappa shape index (κ1) is 16.9. The summed E-state index contributed by atoms with van der Waals surface area (Å²) < 4.78 is 5.49. The molecule has 1 saturated heterocycles. The predicted molar refractivity (Wildman–Crippen MR) is 90.6 cm³/mol. The molecule has 2 atom stereocenters. The molecule has 0 spiro atoms. The molecule has 0 aliphatic carbocycles. The van der Waals surface area contributed by atoms with Crippen molar-refractivity contribution in [2.75, 3.05) is 18.5 Å². The topological polar surface area (TPSA) is 63.2 Å². The number of ether oxygens (including phenoxy) is 1. The summed E-state index contributed by atoms with van der Waals surface area (Å²) in [6, 6.07) is 7.40. The monoisotopic (exact) mass is 339 g/mol. The normalized spacial score (nSPS) is 21.0. The summed E-state index contributed by atoms with van der Waals surface area (Å²) in [5.41, 5.74) is 1.83. The van der Waals surface area contributed by atoms with E-state index in [-0.39, 0.29) is 30.5 Å². The molecule has 2 aromatic rings. The van der Waals surface area contributed by atoms with Gasteiger partial charge in [0.2, 0.25) is 5.91 Å². The van der Waals surface area contributed by atoms with E-state index in [1.165, 1.54) is 0 Å². The number of hydrogen-bond donors (Lipinski definition) is 2.